The Labute approximate surface area is 69.0 Å². The van der Waals surface area contributed by atoms with Gasteiger partial charge in [0.15, 0.2) is 5.54 Å². The summed E-state index contributed by atoms with van der Waals surface area (Å²) < 4.78 is 4.50. The van der Waals surface area contributed by atoms with Crippen molar-refractivity contribution in [3.05, 3.63) is 12.7 Å². The molecule has 2 N–H and O–H groups in total. The Balaban J connectivity index is 2.80. The number of carbonyl (C=O) groups is 2. The molecule has 66 valence electrons. The smallest absolute Gasteiger partial charge is 0.408 e. The topological polar surface area (TPSA) is 75.6 Å². The number of ether oxygens (including phenoxy) is 1. The minimum atomic E-state index is -1.31. The van der Waals surface area contributed by atoms with E-state index in [0.29, 0.717) is 0 Å². The molecule has 1 heterocycles. The van der Waals surface area contributed by atoms with Gasteiger partial charge in [0.25, 0.3) is 0 Å². The second kappa shape index (κ2) is 2.84. The predicted octanol–water partition coefficient (Wildman–Crippen LogP) is 0.126. The predicted molar refractivity (Wildman–Crippen MR) is 39.7 cm³/mol. The van der Waals surface area contributed by atoms with Gasteiger partial charge in [-0.2, -0.15) is 0 Å². The molecule has 1 rings (SSSR count). The van der Waals surface area contributed by atoms with Crippen molar-refractivity contribution in [3.63, 3.8) is 0 Å². The second-order valence-electron chi connectivity index (χ2n) is 2.58. The zero-order valence-electron chi connectivity index (χ0n) is 6.37. The third kappa shape index (κ3) is 1.25. The third-order valence-corrected chi connectivity index (χ3v) is 1.69. The lowest BCUT2D eigenvalue weighted by Gasteiger charge is -2.18. The number of carbonyl (C=O) groups excluding carboxylic acids is 1. The van der Waals surface area contributed by atoms with E-state index in [1.807, 2.05) is 0 Å². The molecule has 0 aromatic heterocycles. The van der Waals surface area contributed by atoms with Crippen molar-refractivity contribution in [1.29, 1.82) is 0 Å². The summed E-state index contributed by atoms with van der Waals surface area (Å²) in [6.45, 7) is 3.26. The van der Waals surface area contributed by atoms with E-state index in [1.165, 1.54) is 6.08 Å². The van der Waals surface area contributed by atoms with Crippen molar-refractivity contribution in [1.82, 2.24) is 5.32 Å². The van der Waals surface area contributed by atoms with Gasteiger partial charge < -0.3 is 15.2 Å². The van der Waals surface area contributed by atoms with Gasteiger partial charge >= 0.3 is 12.1 Å². The molecule has 0 radical (unpaired) electrons. The molecule has 12 heavy (non-hydrogen) atoms. The van der Waals surface area contributed by atoms with Gasteiger partial charge in [0.1, 0.15) is 6.61 Å². The maximum atomic E-state index is 10.7. The molecule has 1 saturated heterocycles. The summed E-state index contributed by atoms with van der Waals surface area (Å²) >= 11 is 0. The standard InChI is InChI=1S/C7H9NO4/c1-2-3-7(5(9)10)4-12-6(11)8-7/h2H,1,3-4H2,(H,8,11)(H,9,10). The van der Waals surface area contributed by atoms with Gasteiger partial charge in [0.2, 0.25) is 0 Å². The maximum absolute atomic E-state index is 10.7. The molecular weight excluding hydrogens is 162 g/mol. The van der Waals surface area contributed by atoms with Crippen LogP contribution in [0.2, 0.25) is 0 Å². The molecule has 1 atom stereocenters. The Morgan fingerprint density at radius 3 is 2.92 bits per heavy atom. The first kappa shape index (κ1) is 8.58. The van der Waals surface area contributed by atoms with Gasteiger partial charge in [-0.3, -0.25) is 0 Å². The number of carboxylic acids is 1. The molecule has 1 amide bonds. The van der Waals surface area contributed by atoms with Gasteiger partial charge in [-0.15, -0.1) is 6.58 Å². The van der Waals surface area contributed by atoms with Crippen LogP contribution in [0.4, 0.5) is 4.79 Å². The van der Waals surface area contributed by atoms with Gasteiger partial charge in [-0.1, -0.05) is 6.08 Å². The van der Waals surface area contributed by atoms with Gasteiger partial charge in [0.05, 0.1) is 0 Å². The maximum Gasteiger partial charge on any atom is 0.408 e. The van der Waals surface area contributed by atoms with Crippen LogP contribution in [0, 0.1) is 0 Å². The first-order chi connectivity index (χ1) is 5.60. The Morgan fingerprint density at radius 2 is 2.58 bits per heavy atom. The van der Waals surface area contributed by atoms with Crippen LogP contribution in [0.1, 0.15) is 6.42 Å². The van der Waals surface area contributed by atoms with Crippen LogP contribution in [0.3, 0.4) is 0 Å². The van der Waals surface area contributed by atoms with Crippen molar-refractivity contribution in [2.75, 3.05) is 6.61 Å². The minimum absolute atomic E-state index is 0.146. The quantitative estimate of drug-likeness (QED) is 0.591. The number of aliphatic carboxylic acids is 1. The van der Waals surface area contributed by atoms with Crippen molar-refractivity contribution in [2.45, 2.75) is 12.0 Å². The van der Waals surface area contributed by atoms with Crippen LogP contribution in [-0.2, 0) is 9.53 Å². The van der Waals surface area contributed by atoms with E-state index < -0.39 is 17.6 Å². The monoisotopic (exact) mass is 171 g/mol. The summed E-state index contributed by atoms with van der Waals surface area (Å²) in [6, 6.07) is 0. The molecule has 0 aromatic carbocycles. The summed E-state index contributed by atoms with van der Waals surface area (Å²) in [4.78, 5) is 21.3. The highest BCUT2D eigenvalue weighted by atomic mass is 16.6. The fraction of sp³-hybridized carbons (Fsp3) is 0.429. The van der Waals surface area contributed by atoms with E-state index in [2.05, 4.69) is 16.6 Å². The molecule has 1 unspecified atom stereocenters. The SMILES string of the molecule is C=CCC1(C(=O)O)COC(=O)N1. The number of hydrogen-bond acceptors (Lipinski definition) is 3. The van der Waals surface area contributed by atoms with Crippen molar-refractivity contribution in [3.8, 4) is 0 Å². The van der Waals surface area contributed by atoms with Crippen LogP contribution in [0.15, 0.2) is 12.7 Å². The lowest BCUT2D eigenvalue weighted by atomic mass is 9.98. The lowest BCUT2D eigenvalue weighted by molar-refractivity contribution is -0.144. The number of alkyl carbamates (subject to hydrolysis) is 1. The largest absolute Gasteiger partial charge is 0.479 e. The number of amides is 1. The van der Waals surface area contributed by atoms with E-state index in [4.69, 9.17) is 5.11 Å². The molecule has 1 aliphatic rings. The van der Waals surface area contributed by atoms with Gasteiger partial charge in [-0.25, -0.2) is 9.59 Å². The van der Waals surface area contributed by atoms with Crippen LogP contribution < -0.4 is 5.32 Å². The average Bonchev–Trinajstić information content (AvgIpc) is 2.34. The number of rotatable bonds is 3. The van der Waals surface area contributed by atoms with Crippen LogP contribution in [0.25, 0.3) is 0 Å². The lowest BCUT2D eigenvalue weighted by Crippen LogP contribution is -2.50. The second-order valence-corrected chi connectivity index (χ2v) is 2.58. The molecule has 1 fully saturated rings. The van der Waals surface area contributed by atoms with E-state index >= 15 is 0 Å². The molecule has 1 aliphatic heterocycles. The molecule has 0 saturated carbocycles. The number of hydrogen-bond donors (Lipinski definition) is 2. The number of nitrogens with one attached hydrogen (secondary N) is 1. The third-order valence-electron chi connectivity index (χ3n) is 1.69. The van der Waals surface area contributed by atoms with Crippen molar-refractivity contribution in [2.24, 2.45) is 0 Å². The highest BCUT2D eigenvalue weighted by molar-refractivity contribution is 5.87. The number of carboxylic acid groups (broad SMARTS) is 1. The fourth-order valence-corrected chi connectivity index (χ4v) is 1.02. The Morgan fingerprint density at radius 1 is 1.92 bits per heavy atom. The van der Waals surface area contributed by atoms with Crippen LogP contribution >= 0.6 is 0 Å². The van der Waals surface area contributed by atoms with Gasteiger partial charge in [0, 0.05) is 6.42 Å². The zero-order valence-corrected chi connectivity index (χ0v) is 6.37. The van der Waals surface area contributed by atoms with E-state index in [-0.39, 0.29) is 13.0 Å². The normalized spacial score (nSPS) is 27.5. The number of cyclic esters (lactones) is 1. The molecular formula is C7H9NO4. The van der Waals surface area contributed by atoms with E-state index in [9.17, 15) is 9.59 Å². The molecule has 0 aromatic rings. The summed E-state index contributed by atoms with van der Waals surface area (Å²) in [5, 5.41) is 11.0. The Kier molecular flexibility index (Phi) is 2.03. The van der Waals surface area contributed by atoms with E-state index in [0.717, 1.165) is 0 Å². The minimum Gasteiger partial charge on any atom is -0.479 e. The Hall–Kier alpha value is -1.52. The first-order valence-corrected chi connectivity index (χ1v) is 3.40. The summed E-state index contributed by atoms with van der Waals surface area (Å²) in [5.74, 6) is -1.10. The first-order valence-electron chi connectivity index (χ1n) is 3.40. The molecule has 0 bridgehead atoms. The molecule has 5 nitrogen and oxygen atoms in total. The van der Waals surface area contributed by atoms with E-state index in [1.54, 1.807) is 0 Å². The van der Waals surface area contributed by atoms with Crippen molar-refractivity contribution >= 4 is 12.1 Å². The summed E-state index contributed by atoms with van der Waals surface area (Å²) in [7, 11) is 0. The summed E-state index contributed by atoms with van der Waals surface area (Å²) in [6.07, 6.45) is 0.899. The molecule has 0 spiro atoms. The molecule has 0 aliphatic carbocycles. The fourth-order valence-electron chi connectivity index (χ4n) is 1.02. The van der Waals surface area contributed by atoms with Crippen molar-refractivity contribution < 1.29 is 19.4 Å². The average molecular weight is 171 g/mol. The Bertz CT molecular complexity index is 238. The van der Waals surface area contributed by atoms with Gasteiger partial charge in [-0.05, 0) is 0 Å². The van der Waals surface area contributed by atoms with Crippen LogP contribution in [-0.4, -0.2) is 29.3 Å². The highest BCUT2D eigenvalue weighted by Crippen LogP contribution is 2.17. The summed E-state index contributed by atoms with van der Waals surface area (Å²) in [5.41, 5.74) is -1.31. The van der Waals surface area contributed by atoms with Crippen LogP contribution in [0.5, 0.6) is 0 Å². The zero-order chi connectivity index (χ0) is 9.19. The highest BCUT2D eigenvalue weighted by Gasteiger charge is 2.45. The molecule has 5 heteroatoms.